The van der Waals surface area contributed by atoms with Crippen molar-refractivity contribution in [3.05, 3.63) is 0 Å². The molecular weight excluding hydrogens is 908 g/mol. The molecule has 29 atom stereocenters. The van der Waals surface area contributed by atoms with Gasteiger partial charge in [0.1, 0.15) is 116 Å². The fourth-order valence-electron chi connectivity index (χ4n) is 8.74. The number of aliphatic hydroxyl groups is 18. The van der Waals surface area contributed by atoms with Crippen molar-refractivity contribution < 1.29 is 144 Å². The van der Waals surface area contributed by atoms with Gasteiger partial charge in [-0.2, -0.15) is 0 Å². The molecule has 6 heterocycles. The van der Waals surface area contributed by atoms with Gasteiger partial charge in [0.25, 0.3) is 0 Å². The van der Waals surface area contributed by atoms with Crippen molar-refractivity contribution in [2.45, 2.75) is 185 Å². The highest BCUT2D eigenvalue weighted by Crippen LogP contribution is 2.37. The van der Waals surface area contributed by atoms with Crippen molar-refractivity contribution in [2.75, 3.05) is 39.6 Å². The summed E-state index contributed by atoms with van der Waals surface area (Å²) in [5, 5.41) is 189. The van der Waals surface area contributed by atoms with Crippen LogP contribution in [-0.4, -0.2) is 304 Å². The number of aliphatic hydroxyl groups excluding tert-OH is 18. The third-order valence-corrected chi connectivity index (χ3v) is 12.7. The van der Waals surface area contributed by atoms with E-state index >= 15 is 0 Å². The monoisotopic (exact) mass is 972 g/mol. The molecule has 0 saturated carbocycles. The second-order valence-corrected chi connectivity index (χ2v) is 17.0. The molecule has 0 radical (unpaired) electrons. The van der Waals surface area contributed by atoms with Crippen molar-refractivity contribution in [1.82, 2.24) is 0 Å². The first-order chi connectivity index (χ1) is 31.3. The van der Waals surface area contributed by atoms with Crippen LogP contribution in [0, 0.1) is 5.92 Å². The zero-order valence-electron chi connectivity index (χ0n) is 35.2. The summed E-state index contributed by atoms with van der Waals surface area (Å²) in [5.41, 5.74) is 0. The summed E-state index contributed by atoms with van der Waals surface area (Å²) < 4.78 is 61.6. The van der Waals surface area contributed by atoms with Gasteiger partial charge in [-0.1, -0.05) is 6.92 Å². The molecule has 0 aromatic heterocycles. The van der Waals surface area contributed by atoms with E-state index in [1.54, 1.807) is 0 Å². The molecule has 0 bridgehead atoms. The molecule has 0 aromatic rings. The van der Waals surface area contributed by atoms with Gasteiger partial charge in [0.15, 0.2) is 37.7 Å². The van der Waals surface area contributed by atoms with E-state index < -0.39 is 224 Å². The fraction of sp³-hybridized carbons (Fsp3) is 1.00. The Morgan fingerprint density at radius 3 is 1.03 bits per heavy atom. The van der Waals surface area contributed by atoms with E-state index in [9.17, 15) is 91.9 Å². The smallest absolute Gasteiger partial charge is 0.187 e. The maximum absolute atomic E-state index is 11.2. The fourth-order valence-corrected chi connectivity index (χ4v) is 8.74. The van der Waals surface area contributed by atoms with Gasteiger partial charge < -0.3 is 144 Å². The van der Waals surface area contributed by atoms with Crippen LogP contribution in [0.15, 0.2) is 0 Å². The minimum absolute atomic E-state index is 0.507. The molecule has 0 spiro atoms. The Labute approximate surface area is 374 Å². The largest absolute Gasteiger partial charge is 0.394 e. The second-order valence-electron chi connectivity index (χ2n) is 17.0. The van der Waals surface area contributed by atoms with Crippen molar-refractivity contribution in [3.8, 4) is 0 Å². The molecule has 29 heteroatoms. The van der Waals surface area contributed by atoms with Crippen LogP contribution in [0.3, 0.4) is 0 Å². The van der Waals surface area contributed by atoms with Gasteiger partial charge in [-0.3, -0.25) is 0 Å². The van der Waals surface area contributed by atoms with E-state index in [1.807, 2.05) is 0 Å². The summed E-state index contributed by atoms with van der Waals surface area (Å²) in [6, 6.07) is 0. The summed E-state index contributed by atoms with van der Waals surface area (Å²) in [6.45, 7) is -3.50. The molecule has 6 aliphatic rings. The summed E-state index contributed by atoms with van der Waals surface area (Å²) in [7, 11) is 0. The molecule has 0 aromatic carbocycles. The van der Waals surface area contributed by atoms with E-state index in [1.165, 1.54) is 6.92 Å². The van der Waals surface area contributed by atoms with Crippen LogP contribution in [-0.2, 0) is 52.1 Å². The molecule has 29 nitrogen and oxygen atoms in total. The van der Waals surface area contributed by atoms with Gasteiger partial charge in [0.05, 0.1) is 58.0 Å². The van der Waals surface area contributed by atoms with Crippen LogP contribution >= 0.6 is 0 Å². The van der Waals surface area contributed by atoms with Crippen molar-refractivity contribution in [3.63, 3.8) is 0 Å². The zero-order valence-corrected chi connectivity index (χ0v) is 35.2. The predicted octanol–water partition coefficient (Wildman–Crippen LogP) is -11.8. The quantitative estimate of drug-likeness (QED) is 0.0683. The third kappa shape index (κ3) is 11.1. The Hall–Kier alpha value is -1.16. The van der Waals surface area contributed by atoms with Gasteiger partial charge >= 0.3 is 0 Å². The van der Waals surface area contributed by atoms with Crippen LogP contribution in [0.2, 0.25) is 0 Å². The molecule has 0 aliphatic carbocycles. The molecule has 6 rings (SSSR count). The lowest BCUT2D eigenvalue weighted by Gasteiger charge is -2.49. The SMILES string of the molecule is C[C@H]1[C@H](O)[C@@H](O)C(O[C@H]2[C@H](O)[C@@H](O)C(O[C@H]3[C@H](O)[C@@H](O)C(O[C@H]4[C@H](O)CC(O[C@@H]5C(CO)OC(O[C@H]6[C@H](O)[C@@H](O)C(O)O[C@@H]6CO)[C@H](O)[C@H]5O)O[C@@H]4CO)O[C@@H]3CO)O[C@@H]2CO)O[C@@H]1CO. The molecule has 6 aliphatic heterocycles. The van der Waals surface area contributed by atoms with Crippen molar-refractivity contribution in [2.24, 2.45) is 5.92 Å². The van der Waals surface area contributed by atoms with Crippen LogP contribution in [0.1, 0.15) is 13.3 Å². The van der Waals surface area contributed by atoms with Crippen LogP contribution in [0.25, 0.3) is 0 Å². The maximum Gasteiger partial charge on any atom is 0.187 e. The molecular formula is C37H64O29. The second kappa shape index (κ2) is 23.4. The van der Waals surface area contributed by atoms with E-state index in [-0.39, 0.29) is 0 Å². The Morgan fingerprint density at radius 1 is 0.333 bits per heavy atom. The lowest BCUT2D eigenvalue weighted by Crippen LogP contribution is -2.67. The molecule has 6 saturated heterocycles. The highest BCUT2D eigenvalue weighted by atomic mass is 16.8. The first-order valence-electron chi connectivity index (χ1n) is 21.4. The minimum atomic E-state index is -2.06. The standard InChI is InChI=1S/C37H64O29/c1-9-11(3-38)58-34(24(51)18(9)45)65-31-16(8-43)61-37(27(54)22(31)49)66-32-15(7-42)60-35(26(53)21(32)48)63-28-10(44)2-17(56-12(28)4-39)62-29-14(6-41)59-36(25(52)20(29)47)64-30-13(5-40)57-33(55)23(50)19(30)46/h9-55H,2-8H2,1H3/t9-,10-,11-,12-,13-,14?,15-,16-,17?,18+,19-,20-,21-,22-,23-,24-,25-,26-,27-,28+,29-,30-,31-,32-,33?,34?,35?,36?,37?/m1/s1. The van der Waals surface area contributed by atoms with E-state index in [0.717, 1.165) is 0 Å². The van der Waals surface area contributed by atoms with Gasteiger partial charge in [-0.25, -0.2) is 0 Å². The van der Waals surface area contributed by atoms with E-state index in [2.05, 4.69) is 0 Å². The topological polar surface area (TPSA) is 466 Å². The van der Waals surface area contributed by atoms with E-state index in [0.29, 0.717) is 0 Å². The summed E-state index contributed by atoms with van der Waals surface area (Å²) in [4.78, 5) is 0. The Kier molecular flexibility index (Phi) is 19.2. The first-order valence-corrected chi connectivity index (χ1v) is 21.4. The van der Waals surface area contributed by atoms with Crippen molar-refractivity contribution >= 4 is 0 Å². The molecule has 386 valence electrons. The minimum Gasteiger partial charge on any atom is -0.394 e. The van der Waals surface area contributed by atoms with Gasteiger partial charge in [0, 0.05) is 12.3 Å². The summed E-state index contributed by atoms with van der Waals surface area (Å²) in [6.07, 6.45) is -48.5. The average molecular weight is 973 g/mol. The highest BCUT2D eigenvalue weighted by Gasteiger charge is 2.56. The number of hydrogen-bond donors (Lipinski definition) is 18. The Balaban J connectivity index is 1.05. The maximum atomic E-state index is 11.2. The molecule has 7 unspecified atom stereocenters. The summed E-state index contributed by atoms with van der Waals surface area (Å²) >= 11 is 0. The predicted molar refractivity (Wildman–Crippen MR) is 201 cm³/mol. The Bertz CT molecular complexity index is 1470. The third-order valence-electron chi connectivity index (χ3n) is 12.7. The van der Waals surface area contributed by atoms with Crippen LogP contribution in [0.4, 0.5) is 0 Å². The molecule has 6 fully saturated rings. The van der Waals surface area contributed by atoms with Gasteiger partial charge in [-0.15, -0.1) is 0 Å². The normalized spacial score (nSPS) is 52.9. The average Bonchev–Trinajstić information content (AvgIpc) is 3.31. The first kappa shape index (κ1) is 54.2. The zero-order chi connectivity index (χ0) is 48.5. The molecule has 0 amide bonds. The lowest BCUT2D eigenvalue weighted by atomic mass is 9.91. The Morgan fingerprint density at radius 2 is 0.636 bits per heavy atom. The van der Waals surface area contributed by atoms with Crippen molar-refractivity contribution in [1.29, 1.82) is 0 Å². The number of ether oxygens (including phenoxy) is 11. The lowest BCUT2D eigenvalue weighted by molar-refractivity contribution is -0.388. The number of rotatable bonds is 16. The van der Waals surface area contributed by atoms with Gasteiger partial charge in [-0.05, 0) is 0 Å². The highest BCUT2D eigenvalue weighted by molar-refractivity contribution is 4.98. The molecule has 18 N–H and O–H groups in total. The van der Waals surface area contributed by atoms with Gasteiger partial charge in [0.2, 0.25) is 0 Å². The summed E-state index contributed by atoms with van der Waals surface area (Å²) in [5.74, 6) is -0.725. The van der Waals surface area contributed by atoms with Crippen LogP contribution < -0.4 is 0 Å². The molecule has 66 heavy (non-hydrogen) atoms. The number of hydrogen-bond acceptors (Lipinski definition) is 29. The van der Waals surface area contributed by atoms with E-state index in [4.69, 9.17) is 52.1 Å². The van der Waals surface area contributed by atoms with Crippen LogP contribution in [0.5, 0.6) is 0 Å².